The van der Waals surface area contributed by atoms with Gasteiger partial charge in [-0.05, 0) is 12.8 Å². The van der Waals surface area contributed by atoms with Crippen LogP contribution >= 0.6 is 0 Å². The molecular weight excluding hydrogens is 187 g/mol. The summed E-state index contributed by atoms with van der Waals surface area (Å²) in [7, 11) is 0. The van der Waals surface area contributed by atoms with Crippen LogP contribution in [-0.2, 0) is 0 Å². The molecule has 0 unspecified atom stereocenters. The minimum absolute atomic E-state index is 0. The Morgan fingerprint density at radius 2 is 1.17 bits per heavy atom. The van der Waals surface area contributed by atoms with Crippen molar-refractivity contribution in [2.24, 2.45) is 0 Å². The monoisotopic (exact) mass is 206 g/mol. The molecule has 0 fully saturated rings. The van der Waals surface area contributed by atoms with E-state index in [9.17, 15) is 0 Å². The minimum atomic E-state index is 0. The zero-order chi connectivity index (χ0) is 8.24. The minimum Gasteiger partial charge on any atom is -0.870 e. The van der Waals surface area contributed by atoms with Crippen LogP contribution in [0.25, 0.3) is 0 Å². The maximum Gasteiger partial charge on any atom is 1.00 e. The Labute approximate surface area is 117 Å². The number of unbranched alkanes of at least 4 members (excludes halogenated alkanes) is 1. The van der Waals surface area contributed by atoms with Gasteiger partial charge in [0.05, 0.1) is 0 Å². The van der Waals surface area contributed by atoms with Crippen LogP contribution in [0.3, 0.4) is 0 Å². The number of aliphatic hydroxyl groups is 3. The zero-order valence-electron chi connectivity index (χ0n) is 8.03. The topological polar surface area (TPSA) is 90.7 Å². The molecule has 0 aromatic carbocycles. The van der Waals surface area contributed by atoms with E-state index >= 15 is 0 Å². The number of rotatable bonds is 4. The van der Waals surface area contributed by atoms with Crippen molar-refractivity contribution in [3.63, 3.8) is 0 Å². The molecule has 4 N–H and O–H groups in total. The number of hydrogen-bond donors (Lipinski definition) is 3. The van der Waals surface area contributed by atoms with Crippen LogP contribution in [-0.4, -0.2) is 40.6 Å². The summed E-state index contributed by atoms with van der Waals surface area (Å²) in [5.41, 5.74) is 0. The van der Waals surface area contributed by atoms with Gasteiger partial charge in [-0.1, -0.05) is 13.3 Å². The van der Waals surface area contributed by atoms with E-state index in [0.29, 0.717) is 13.0 Å². The number of hydrogen-bond acceptors (Lipinski definition) is 4. The van der Waals surface area contributed by atoms with Gasteiger partial charge in [-0.25, -0.2) is 0 Å². The van der Waals surface area contributed by atoms with Crippen molar-refractivity contribution >= 4 is 0 Å². The van der Waals surface area contributed by atoms with E-state index in [-0.39, 0.29) is 70.1 Å². The van der Waals surface area contributed by atoms with Gasteiger partial charge in [0.1, 0.15) is 0 Å². The smallest absolute Gasteiger partial charge is 0.870 e. The molecule has 0 aliphatic carbocycles. The molecule has 5 heteroatoms. The summed E-state index contributed by atoms with van der Waals surface area (Å²) in [6.07, 6.45) is 2.54. The predicted molar refractivity (Wildman–Crippen MR) is 42.7 cm³/mol. The Kier molecular flexibility index (Phi) is 57.2. The molecule has 0 aromatic rings. The standard InChI is InChI=1S/C4H10O.C3H8O2.K.H2O/c1-2-3-4-5;4-2-1-3-5;;/h5H,2-4H2,1H3;4-5H,1-3H2;;1H2/q;;+1;/p-1. The molecule has 0 atom stereocenters. The average Bonchev–Trinajstić information content (AvgIpc) is 1.93. The van der Waals surface area contributed by atoms with Gasteiger partial charge >= 0.3 is 51.4 Å². The summed E-state index contributed by atoms with van der Waals surface area (Å²) >= 11 is 0. The Morgan fingerprint density at radius 3 is 1.17 bits per heavy atom. The van der Waals surface area contributed by atoms with Crippen molar-refractivity contribution in [1.82, 2.24) is 0 Å². The van der Waals surface area contributed by atoms with Crippen LogP contribution in [0.15, 0.2) is 0 Å². The molecule has 0 saturated carbocycles. The second-order valence-electron chi connectivity index (χ2n) is 1.88. The molecule has 12 heavy (non-hydrogen) atoms. The Bertz CT molecular complexity index is 36.4. The van der Waals surface area contributed by atoms with E-state index in [1.165, 1.54) is 0 Å². The molecule has 0 bridgehead atoms. The first-order valence-electron chi connectivity index (χ1n) is 3.66. The van der Waals surface area contributed by atoms with E-state index in [1.807, 2.05) is 0 Å². The van der Waals surface area contributed by atoms with Crippen LogP contribution in [0.1, 0.15) is 26.2 Å². The molecule has 0 aromatic heterocycles. The maximum atomic E-state index is 8.07. The Morgan fingerprint density at radius 1 is 0.833 bits per heavy atom. The first kappa shape index (κ1) is 23.4. The molecule has 0 saturated heterocycles. The van der Waals surface area contributed by atoms with E-state index in [0.717, 1.165) is 12.8 Å². The first-order valence-corrected chi connectivity index (χ1v) is 3.66. The fraction of sp³-hybridized carbons (Fsp3) is 1.00. The molecule has 0 spiro atoms. The Hall–Kier alpha value is 1.48. The van der Waals surface area contributed by atoms with Crippen LogP contribution in [0.2, 0.25) is 0 Å². The van der Waals surface area contributed by atoms with Crippen molar-refractivity contribution < 1.29 is 72.2 Å². The average molecular weight is 206 g/mol. The molecule has 0 aliphatic rings. The van der Waals surface area contributed by atoms with Gasteiger partial charge in [0, 0.05) is 19.8 Å². The first-order chi connectivity index (χ1) is 4.83. The van der Waals surface area contributed by atoms with Crippen LogP contribution in [0.4, 0.5) is 0 Å². The maximum absolute atomic E-state index is 8.07. The summed E-state index contributed by atoms with van der Waals surface area (Å²) in [4.78, 5) is 0. The second kappa shape index (κ2) is 29.4. The molecular formula is C7H19KO4. The van der Waals surface area contributed by atoms with Crippen molar-refractivity contribution in [2.75, 3.05) is 19.8 Å². The van der Waals surface area contributed by atoms with Crippen molar-refractivity contribution in [2.45, 2.75) is 26.2 Å². The van der Waals surface area contributed by atoms with Crippen LogP contribution in [0.5, 0.6) is 0 Å². The molecule has 0 amide bonds. The summed E-state index contributed by atoms with van der Waals surface area (Å²) in [5, 5.41) is 23.9. The van der Waals surface area contributed by atoms with Gasteiger partial charge in [-0.2, -0.15) is 0 Å². The fourth-order valence-corrected chi connectivity index (χ4v) is 0.229. The van der Waals surface area contributed by atoms with Crippen LogP contribution in [0, 0.1) is 0 Å². The third-order valence-corrected chi connectivity index (χ3v) is 0.828. The summed E-state index contributed by atoms with van der Waals surface area (Å²) in [5.74, 6) is 0. The summed E-state index contributed by atoms with van der Waals surface area (Å²) in [6.45, 7) is 2.58. The van der Waals surface area contributed by atoms with Crippen molar-refractivity contribution in [1.29, 1.82) is 0 Å². The summed E-state index contributed by atoms with van der Waals surface area (Å²) < 4.78 is 0. The normalized spacial score (nSPS) is 7.00. The van der Waals surface area contributed by atoms with E-state index in [2.05, 4.69) is 6.92 Å². The molecule has 0 heterocycles. The van der Waals surface area contributed by atoms with Crippen molar-refractivity contribution in [3.8, 4) is 0 Å². The van der Waals surface area contributed by atoms with Crippen molar-refractivity contribution in [3.05, 3.63) is 0 Å². The van der Waals surface area contributed by atoms with Gasteiger partial charge in [0.15, 0.2) is 0 Å². The van der Waals surface area contributed by atoms with Gasteiger partial charge in [-0.3, -0.25) is 0 Å². The Balaban J connectivity index is -0.0000000457. The predicted octanol–water partition coefficient (Wildman–Crippen LogP) is -3.03. The van der Waals surface area contributed by atoms with E-state index in [4.69, 9.17) is 15.3 Å². The van der Waals surface area contributed by atoms with Gasteiger partial charge in [0.25, 0.3) is 0 Å². The second-order valence-corrected chi connectivity index (χ2v) is 1.88. The molecule has 4 nitrogen and oxygen atoms in total. The SMILES string of the molecule is CCCCO.OCCCO.[K+].[OH-]. The van der Waals surface area contributed by atoms with Crippen LogP contribution < -0.4 is 51.4 Å². The van der Waals surface area contributed by atoms with E-state index < -0.39 is 0 Å². The molecule has 72 valence electrons. The summed E-state index contributed by atoms with van der Waals surface area (Å²) in [6, 6.07) is 0. The van der Waals surface area contributed by atoms with E-state index in [1.54, 1.807) is 0 Å². The third kappa shape index (κ3) is 42.0. The quantitative estimate of drug-likeness (QED) is 0.427. The van der Waals surface area contributed by atoms with Gasteiger partial charge in [0.2, 0.25) is 0 Å². The molecule has 0 rings (SSSR count). The number of aliphatic hydroxyl groups excluding tert-OH is 3. The zero-order valence-corrected chi connectivity index (χ0v) is 11.2. The fourth-order valence-electron chi connectivity index (χ4n) is 0.229. The largest absolute Gasteiger partial charge is 1.00 e. The van der Waals surface area contributed by atoms with Gasteiger partial charge < -0.3 is 20.8 Å². The molecule has 0 radical (unpaired) electrons. The third-order valence-electron chi connectivity index (χ3n) is 0.828. The molecule has 0 aliphatic heterocycles. The van der Waals surface area contributed by atoms with Gasteiger partial charge in [-0.15, -0.1) is 0 Å².